The maximum absolute atomic E-state index is 13.4. The number of nitrogens with one attached hydrogen (secondary N) is 1. The highest BCUT2D eigenvalue weighted by molar-refractivity contribution is 5.50. The number of benzene rings is 1. The average Bonchev–Trinajstić information content (AvgIpc) is 2.95. The monoisotopic (exact) mass is 292 g/mol. The fraction of sp³-hybridized carbons (Fsp3) is 0.400. The summed E-state index contributed by atoms with van der Waals surface area (Å²) < 4.78 is 20.3. The zero-order valence-corrected chi connectivity index (χ0v) is 12.3. The van der Waals surface area contributed by atoms with Gasteiger partial charge in [-0.05, 0) is 18.6 Å². The van der Waals surface area contributed by atoms with Crippen LogP contribution >= 0.6 is 0 Å². The summed E-state index contributed by atoms with van der Waals surface area (Å²) in [5, 5.41) is 7.58. The van der Waals surface area contributed by atoms with E-state index in [1.165, 1.54) is 13.2 Å². The van der Waals surface area contributed by atoms with E-state index in [0.717, 1.165) is 24.2 Å². The normalized spacial score (nSPS) is 12.2. The number of nitrogens with two attached hydrogens (primary N) is 1. The molecule has 0 radical (unpaired) electrons. The molecule has 1 aromatic heterocycles. The van der Waals surface area contributed by atoms with Crippen LogP contribution in [0.3, 0.4) is 0 Å². The first-order chi connectivity index (χ1) is 10.2. The second-order valence-corrected chi connectivity index (χ2v) is 4.82. The summed E-state index contributed by atoms with van der Waals surface area (Å²) in [6.45, 7) is 3.39. The molecule has 0 bridgehead atoms. The van der Waals surface area contributed by atoms with Gasteiger partial charge in [0.05, 0.1) is 19.3 Å². The van der Waals surface area contributed by atoms with E-state index in [4.69, 9.17) is 10.5 Å². The van der Waals surface area contributed by atoms with Crippen molar-refractivity contribution in [3.63, 3.8) is 0 Å². The predicted octanol–water partition coefficient (Wildman–Crippen LogP) is 2.55. The van der Waals surface area contributed by atoms with Crippen molar-refractivity contribution in [2.45, 2.75) is 25.9 Å². The van der Waals surface area contributed by atoms with Crippen LogP contribution in [-0.2, 0) is 6.54 Å². The van der Waals surface area contributed by atoms with Gasteiger partial charge in [-0.15, -0.1) is 0 Å². The van der Waals surface area contributed by atoms with Gasteiger partial charge in [-0.3, -0.25) is 4.68 Å². The fourth-order valence-corrected chi connectivity index (χ4v) is 2.14. The summed E-state index contributed by atoms with van der Waals surface area (Å²) in [4.78, 5) is 0. The molecule has 0 amide bonds. The van der Waals surface area contributed by atoms with E-state index in [1.54, 1.807) is 18.3 Å². The maximum Gasteiger partial charge on any atom is 0.165 e. The molecule has 2 aromatic rings. The van der Waals surface area contributed by atoms with E-state index >= 15 is 0 Å². The van der Waals surface area contributed by atoms with Crippen molar-refractivity contribution >= 4 is 5.69 Å². The predicted molar refractivity (Wildman–Crippen MR) is 80.9 cm³/mol. The van der Waals surface area contributed by atoms with E-state index in [1.807, 2.05) is 10.9 Å². The van der Waals surface area contributed by atoms with Crippen molar-refractivity contribution in [3.8, 4) is 5.75 Å². The van der Waals surface area contributed by atoms with Crippen LogP contribution in [0.25, 0.3) is 0 Å². The van der Waals surface area contributed by atoms with Gasteiger partial charge < -0.3 is 15.8 Å². The molecule has 114 valence electrons. The van der Waals surface area contributed by atoms with Crippen LogP contribution in [0.4, 0.5) is 10.1 Å². The Morgan fingerprint density at radius 1 is 1.48 bits per heavy atom. The Bertz CT molecular complexity index is 585. The lowest BCUT2D eigenvalue weighted by Gasteiger charge is -2.17. The Balaban J connectivity index is 2.14. The summed E-state index contributed by atoms with van der Waals surface area (Å²) in [6, 6.07) is 4.58. The van der Waals surface area contributed by atoms with Gasteiger partial charge in [0.15, 0.2) is 11.6 Å². The van der Waals surface area contributed by atoms with E-state index in [0.29, 0.717) is 6.54 Å². The quantitative estimate of drug-likeness (QED) is 0.823. The molecule has 1 aromatic carbocycles. The van der Waals surface area contributed by atoms with Gasteiger partial charge in [0.2, 0.25) is 0 Å². The van der Waals surface area contributed by atoms with Gasteiger partial charge in [0.25, 0.3) is 0 Å². The minimum atomic E-state index is -0.386. The van der Waals surface area contributed by atoms with Gasteiger partial charge in [0.1, 0.15) is 0 Å². The molecular formula is C15H21FN4O. The lowest BCUT2D eigenvalue weighted by atomic mass is 10.1. The van der Waals surface area contributed by atoms with Crippen molar-refractivity contribution in [1.82, 2.24) is 9.78 Å². The molecule has 1 atom stereocenters. The summed E-state index contributed by atoms with van der Waals surface area (Å²) in [6.07, 6.45) is 4.81. The highest BCUT2D eigenvalue weighted by Crippen LogP contribution is 2.24. The van der Waals surface area contributed by atoms with Crippen molar-refractivity contribution in [2.75, 3.05) is 19.0 Å². The van der Waals surface area contributed by atoms with Gasteiger partial charge in [0, 0.05) is 36.6 Å². The zero-order chi connectivity index (χ0) is 15.2. The van der Waals surface area contributed by atoms with Crippen molar-refractivity contribution in [1.29, 1.82) is 0 Å². The molecule has 0 aliphatic rings. The lowest BCUT2D eigenvalue weighted by Crippen LogP contribution is -2.20. The van der Waals surface area contributed by atoms with E-state index in [-0.39, 0.29) is 17.6 Å². The van der Waals surface area contributed by atoms with Crippen LogP contribution in [0, 0.1) is 5.82 Å². The molecular weight excluding hydrogens is 271 g/mol. The number of hydrogen-bond acceptors (Lipinski definition) is 4. The molecule has 0 spiro atoms. The molecule has 0 fully saturated rings. The average molecular weight is 292 g/mol. The third kappa shape index (κ3) is 3.72. The minimum Gasteiger partial charge on any atom is -0.494 e. The molecule has 5 nitrogen and oxygen atoms in total. The molecule has 3 N–H and O–H groups in total. The van der Waals surface area contributed by atoms with Crippen LogP contribution in [0.2, 0.25) is 0 Å². The first-order valence-electron chi connectivity index (χ1n) is 7.00. The Morgan fingerprint density at radius 3 is 2.95 bits per heavy atom. The third-order valence-corrected chi connectivity index (χ3v) is 3.24. The van der Waals surface area contributed by atoms with E-state index in [9.17, 15) is 4.39 Å². The van der Waals surface area contributed by atoms with E-state index < -0.39 is 0 Å². The number of methoxy groups -OCH3 is 1. The molecule has 0 aliphatic heterocycles. The summed E-state index contributed by atoms with van der Waals surface area (Å²) in [5.41, 5.74) is 7.60. The maximum atomic E-state index is 13.4. The van der Waals surface area contributed by atoms with Crippen LogP contribution < -0.4 is 15.8 Å². The second-order valence-electron chi connectivity index (χ2n) is 4.82. The highest BCUT2D eigenvalue weighted by Gasteiger charge is 2.13. The summed E-state index contributed by atoms with van der Waals surface area (Å²) in [7, 11) is 1.44. The van der Waals surface area contributed by atoms with Crippen LogP contribution in [0.1, 0.15) is 24.9 Å². The van der Waals surface area contributed by atoms with Gasteiger partial charge in [-0.2, -0.15) is 5.10 Å². The number of nitrogens with zero attached hydrogens (tertiary/aromatic N) is 2. The van der Waals surface area contributed by atoms with Crippen molar-refractivity contribution in [2.24, 2.45) is 5.73 Å². The van der Waals surface area contributed by atoms with Crippen LogP contribution in [-0.4, -0.2) is 23.4 Å². The smallest absolute Gasteiger partial charge is 0.165 e. The molecule has 6 heteroatoms. The zero-order valence-electron chi connectivity index (χ0n) is 12.3. The number of rotatable bonds is 7. The van der Waals surface area contributed by atoms with Gasteiger partial charge >= 0.3 is 0 Å². The fourth-order valence-electron chi connectivity index (χ4n) is 2.14. The largest absolute Gasteiger partial charge is 0.494 e. The SMILES string of the molecule is CCCn1cc(C(CN)Nc2ccc(F)c(OC)c2)cn1. The number of aryl methyl sites for hydroxylation is 1. The Hall–Kier alpha value is -2.08. The molecule has 2 rings (SSSR count). The minimum absolute atomic E-state index is 0.0780. The molecule has 0 aliphatic carbocycles. The molecule has 21 heavy (non-hydrogen) atoms. The first-order valence-corrected chi connectivity index (χ1v) is 7.00. The third-order valence-electron chi connectivity index (χ3n) is 3.24. The summed E-state index contributed by atoms with van der Waals surface area (Å²) >= 11 is 0. The Kier molecular flexibility index (Phi) is 5.16. The molecule has 0 saturated heterocycles. The van der Waals surface area contributed by atoms with E-state index in [2.05, 4.69) is 17.3 Å². The number of halogens is 1. The Morgan fingerprint density at radius 2 is 2.29 bits per heavy atom. The number of hydrogen-bond donors (Lipinski definition) is 2. The number of anilines is 1. The van der Waals surface area contributed by atoms with Crippen LogP contribution in [0.15, 0.2) is 30.6 Å². The van der Waals surface area contributed by atoms with Crippen LogP contribution in [0.5, 0.6) is 5.75 Å². The molecule has 0 saturated carbocycles. The summed E-state index contributed by atoms with van der Waals surface area (Å²) in [5.74, 6) is -0.180. The van der Waals surface area contributed by atoms with Crippen molar-refractivity contribution < 1.29 is 9.13 Å². The first kappa shape index (κ1) is 15.3. The van der Waals surface area contributed by atoms with Crippen molar-refractivity contribution in [3.05, 3.63) is 42.0 Å². The second kappa shape index (κ2) is 7.08. The lowest BCUT2D eigenvalue weighted by molar-refractivity contribution is 0.386. The number of aromatic nitrogens is 2. The van der Waals surface area contributed by atoms with Gasteiger partial charge in [-0.25, -0.2) is 4.39 Å². The number of ether oxygens (including phenoxy) is 1. The topological polar surface area (TPSA) is 65.1 Å². The molecule has 1 heterocycles. The molecule has 1 unspecified atom stereocenters. The van der Waals surface area contributed by atoms with Gasteiger partial charge in [-0.1, -0.05) is 6.92 Å². The standard InChI is InChI=1S/C15H21FN4O/c1-3-6-20-10-11(9-18-20)14(8-17)19-12-4-5-13(16)15(7-12)21-2/h4-5,7,9-10,14,19H,3,6,8,17H2,1-2H3. The highest BCUT2D eigenvalue weighted by atomic mass is 19.1. The Labute approximate surface area is 123 Å².